The normalized spacial score (nSPS) is 15.0. The lowest BCUT2D eigenvalue weighted by atomic mass is 9.96. The topological polar surface area (TPSA) is 126 Å². The lowest BCUT2D eigenvalue weighted by Gasteiger charge is -2.25. The van der Waals surface area contributed by atoms with E-state index >= 15 is 0 Å². The molecule has 0 amide bonds. The van der Waals surface area contributed by atoms with Crippen molar-refractivity contribution in [1.29, 1.82) is 0 Å². The lowest BCUT2D eigenvalue weighted by molar-refractivity contribution is -0.384. The fourth-order valence-electron chi connectivity index (χ4n) is 4.61. The van der Waals surface area contributed by atoms with Crippen LogP contribution in [-0.4, -0.2) is 28.2 Å². The monoisotopic (exact) mass is 607 g/mol. The molecule has 216 valence electrons. The number of allylic oxidation sites excluding steroid dienone is 1. The van der Waals surface area contributed by atoms with Gasteiger partial charge >= 0.3 is 5.97 Å². The number of carbonyl (C=O) groups excluding carboxylic acids is 1. The number of halogens is 1. The van der Waals surface area contributed by atoms with Crippen molar-refractivity contribution in [3.05, 3.63) is 112 Å². The van der Waals surface area contributed by atoms with E-state index in [1.807, 2.05) is 19.1 Å². The zero-order valence-corrected chi connectivity index (χ0v) is 24.7. The summed E-state index contributed by atoms with van der Waals surface area (Å²) in [7, 11) is 0. The highest BCUT2D eigenvalue weighted by atomic mass is 35.5. The van der Waals surface area contributed by atoms with Gasteiger partial charge in [0.05, 0.1) is 44.5 Å². The first kappa shape index (κ1) is 29.0. The average Bonchev–Trinajstić information content (AvgIpc) is 3.52. The van der Waals surface area contributed by atoms with Crippen LogP contribution in [0.15, 0.2) is 80.1 Å². The van der Waals surface area contributed by atoms with Gasteiger partial charge in [-0.15, -0.1) is 0 Å². The van der Waals surface area contributed by atoms with Gasteiger partial charge in [-0.25, -0.2) is 9.79 Å². The summed E-state index contributed by atoms with van der Waals surface area (Å²) in [5.41, 5.74) is 1.27. The summed E-state index contributed by atoms with van der Waals surface area (Å²) in [5, 5.41) is 11.5. The summed E-state index contributed by atoms with van der Waals surface area (Å²) < 4.78 is 18.8. The third-order valence-corrected chi connectivity index (χ3v) is 7.73. The number of benzene rings is 2. The third-order valence-electron chi connectivity index (χ3n) is 6.42. The smallest absolute Gasteiger partial charge is 0.338 e. The van der Waals surface area contributed by atoms with E-state index in [1.165, 1.54) is 22.8 Å². The zero-order valence-electron chi connectivity index (χ0n) is 23.1. The third kappa shape index (κ3) is 5.65. The van der Waals surface area contributed by atoms with Crippen LogP contribution in [0.5, 0.6) is 5.75 Å². The van der Waals surface area contributed by atoms with Crippen LogP contribution in [0.2, 0.25) is 5.02 Å². The second-order valence-corrected chi connectivity index (χ2v) is 11.1. The van der Waals surface area contributed by atoms with Gasteiger partial charge in [0.25, 0.3) is 11.2 Å². The number of non-ortho nitro benzene ring substituents is 1. The molecule has 2 aromatic heterocycles. The number of carbonyl (C=O) groups is 1. The van der Waals surface area contributed by atoms with Gasteiger partial charge in [-0.1, -0.05) is 35.1 Å². The van der Waals surface area contributed by atoms with Crippen LogP contribution in [0.3, 0.4) is 0 Å². The molecule has 1 atom stereocenters. The Hall–Kier alpha value is -4.48. The SMILES string of the molecule is CCOc1ccc([C@H]2C(C(=O)OC(C)C)=C(C)N=c3s/c(=C/c4ccc(-c5cc([N+](=O)[O-])ccc5Cl)o4)c(=O)n32)cc1. The Kier molecular flexibility index (Phi) is 8.15. The Labute approximate surface area is 248 Å². The molecule has 5 rings (SSSR count). The number of nitro groups is 1. The number of nitro benzene ring substituents is 1. The number of ether oxygens (including phenoxy) is 2. The summed E-state index contributed by atoms with van der Waals surface area (Å²) >= 11 is 7.43. The fourth-order valence-corrected chi connectivity index (χ4v) is 5.85. The van der Waals surface area contributed by atoms with Gasteiger partial charge in [-0.3, -0.25) is 19.5 Å². The van der Waals surface area contributed by atoms with Gasteiger partial charge in [0, 0.05) is 23.8 Å². The van der Waals surface area contributed by atoms with Crippen LogP contribution in [0.25, 0.3) is 17.4 Å². The number of hydrogen-bond donors (Lipinski definition) is 0. The second-order valence-electron chi connectivity index (χ2n) is 9.66. The van der Waals surface area contributed by atoms with Crippen molar-refractivity contribution in [2.45, 2.75) is 39.8 Å². The Morgan fingerprint density at radius 2 is 1.95 bits per heavy atom. The van der Waals surface area contributed by atoms with E-state index in [9.17, 15) is 19.7 Å². The number of nitrogens with zero attached hydrogens (tertiary/aromatic N) is 3. The molecular formula is C30H26ClN3O7S. The molecule has 0 bridgehead atoms. The predicted octanol–water partition coefficient (Wildman–Crippen LogP) is 5.41. The van der Waals surface area contributed by atoms with Crippen molar-refractivity contribution in [2.75, 3.05) is 6.61 Å². The highest BCUT2D eigenvalue weighted by molar-refractivity contribution is 7.07. The van der Waals surface area contributed by atoms with Crippen LogP contribution in [0.4, 0.5) is 5.69 Å². The van der Waals surface area contributed by atoms with E-state index in [-0.39, 0.29) is 27.9 Å². The molecule has 0 N–H and O–H groups in total. The standard InChI is InChI=1S/C30H26ClN3O7S/c1-5-39-20-9-6-18(7-10-20)27-26(29(36)40-16(2)3)17(4)32-30-33(27)28(35)25(42-30)15-21-11-13-24(41-21)22-14-19(34(37)38)8-12-23(22)31/h6-16,27H,5H2,1-4H3/b25-15+/t27-/m0/s1. The highest BCUT2D eigenvalue weighted by Gasteiger charge is 2.34. The van der Waals surface area contributed by atoms with E-state index in [0.29, 0.717) is 50.0 Å². The maximum atomic E-state index is 13.9. The molecule has 0 fully saturated rings. The fraction of sp³-hybridized carbons (Fsp3) is 0.233. The molecule has 42 heavy (non-hydrogen) atoms. The van der Waals surface area contributed by atoms with Crippen molar-refractivity contribution in [2.24, 2.45) is 4.99 Å². The van der Waals surface area contributed by atoms with Gasteiger partial charge < -0.3 is 13.9 Å². The van der Waals surface area contributed by atoms with Gasteiger partial charge in [0.1, 0.15) is 17.3 Å². The van der Waals surface area contributed by atoms with Crippen LogP contribution < -0.4 is 19.6 Å². The summed E-state index contributed by atoms with van der Waals surface area (Å²) in [4.78, 5) is 42.9. The molecule has 0 saturated carbocycles. The van der Waals surface area contributed by atoms with Crippen LogP contribution >= 0.6 is 22.9 Å². The van der Waals surface area contributed by atoms with Crippen molar-refractivity contribution in [1.82, 2.24) is 4.57 Å². The Morgan fingerprint density at radius 3 is 2.62 bits per heavy atom. The maximum absolute atomic E-state index is 13.9. The van der Waals surface area contributed by atoms with Gasteiger partial charge in [-0.05, 0) is 63.6 Å². The number of furan rings is 1. The van der Waals surface area contributed by atoms with E-state index in [0.717, 1.165) is 11.3 Å². The largest absolute Gasteiger partial charge is 0.494 e. The van der Waals surface area contributed by atoms with Crippen molar-refractivity contribution < 1.29 is 23.6 Å². The van der Waals surface area contributed by atoms with Crippen molar-refractivity contribution in [3.8, 4) is 17.1 Å². The summed E-state index contributed by atoms with van der Waals surface area (Å²) in [6.07, 6.45) is 1.20. The Balaban J connectivity index is 1.61. The molecule has 1 aliphatic heterocycles. The number of fused-ring (bicyclic) bond motifs is 1. The minimum Gasteiger partial charge on any atom is -0.494 e. The molecule has 0 unspecified atom stereocenters. The summed E-state index contributed by atoms with van der Waals surface area (Å²) in [5.74, 6) is 0.761. The lowest BCUT2D eigenvalue weighted by Crippen LogP contribution is -2.40. The number of esters is 1. The molecule has 4 aromatic rings. The average molecular weight is 608 g/mol. The zero-order chi connectivity index (χ0) is 30.1. The van der Waals surface area contributed by atoms with E-state index in [1.54, 1.807) is 51.1 Å². The molecule has 0 spiro atoms. The first-order chi connectivity index (χ1) is 20.1. The summed E-state index contributed by atoms with van der Waals surface area (Å²) in [6.45, 7) is 7.62. The molecule has 1 aliphatic rings. The molecule has 0 saturated heterocycles. The van der Waals surface area contributed by atoms with Crippen LogP contribution in [0, 0.1) is 10.1 Å². The van der Waals surface area contributed by atoms with Gasteiger partial charge in [-0.2, -0.15) is 0 Å². The molecule has 10 nitrogen and oxygen atoms in total. The number of hydrogen-bond acceptors (Lipinski definition) is 9. The number of aromatic nitrogens is 1. The van der Waals surface area contributed by atoms with Crippen molar-refractivity contribution >= 4 is 40.7 Å². The maximum Gasteiger partial charge on any atom is 0.338 e. The van der Waals surface area contributed by atoms with E-state index in [4.69, 9.17) is 25.5 Å². The Morgan fingerprint density at radius 1 is 1.21 bits per heavy atom. The van der Waals surface area contributed by atoms with Gasteiger partial charge in [0.2, 0.25) is 0 Å². The predicted molar refractivity (Wildman–Crippen MR) is 158 cm³/mol. The van der Waals surface area contributed by atoms with Crippen LogP contribution in [0.1, 0.15) is 45.1 Å². The molecule has 0 aliphatic carbocycles. The number of rotatable bonds is 8. The first-order valence-corrected chi connectivity index (χ1v) is 14.3. The van der Waals surface area contributed by atoms with E-state index < -0.39 is 16.9 Å². The van der Waals surface area contributed by atoms with Gasteiger partial charge in [0.15, 0.2) is 4.80 Å². The Bertz CT molecular complexity index is 1900. The quantitative estimate of drug-likeness (QED) is 0.149. The molecular weight excluding hydrogens is 582 g/mol. The minimum atomic E-state index is -0.777. The molecule has 3 heterocycles. The molecule has 12 heteroatoms. The highest BCUT2D eigenvalue weighted by Crippen LogP contribution is 2.34. The summed E-state index contributed by atoms with van der Waals surface area (Å²) in [6, 6.07) is 13.8. The van der Waals surface area contributed by atoms with E-state index in [2.05, 4.69) is 4.99 Å². The number of thiazole rings is 1. The molecule has 2 aromatic carbocycles. The second kappa shape index (κ2) is 11.8. The first-order valence-electron chi connectivity index (χ1n) is 13.1. The van der Waals surface area contributed by atoms with Crippen molar-refractivity contribution in [3.63, 3.8) is 0 Å². The molecule has 0 radical (unpaired) electrons. The van der Waals surface area contributed by atoms with Crippen LogP contribution in [-0.2, 0) is 9.53 Å². The minimum absolute atomic E-state index is 0.128.